The molecule has 0 aromatic heterocycles. The molecule has 2 heterocycles. The van der Waals surface area contributed by atoms with Gasteiger partial charge in [-0.2, -0.15) is 0 Å². The van der Waals surface area contributed by atoms with Gasteiger partial charge in [0, 0.05) is 12.1 Å². The minimum Gasteiger partial charge on any atom is -0.492 e. The molecule has 2 aliphatic rings. The van der Waals surface area contributed by atoms with Gasteiger partial charge in [0.05, 0.1) is 24.8 Å². The van der Waals surface area contributed by atoms with E-state index in [4.69, 9.17) is 21.1 Å². The molecule has 0 amide bonds. The van der Waals surface area contributed by atoms with E-state index >= 15 is 0 Å². The van der Waals surface area contributed by atoms with Gasteiger partial charge in [0.15, 0.2) is 5.96 Å². The Morgan fingerprint density at radius 2 is 2.18 bits per heavy atom. The van der Waals surface area contributed by atoms with E-state index < -0.39 is 0 Å². The molecule has 1 aromatic rings. The van der Waals surface area contributed by atoms with Crippen molar-refractivity contribution in [1.82, 2.24) is 10.6 Å². The third-order valence-electron chi connectivity index (χ3n) is 4.13. The molecule has 2 N–H and O–H groups in total. The van der Waals surface area contributed by atoms with Crippen molar-refractivity contribution < 1.29 is 9.47 Å². The summed E-state index contributed by atoms with van der Waals surface area (Å²) in [6, 6.07) is 7.74. The van der Waals surface area contributed by atoms with E-state index in [0.29, 0.717) is 36.4 Å². The number of ether oxygens (including phenoxy) is 2. The zero-order valence-corrected chi connectivity index (χ0v) is 13.5. The molecule has 3 atom stereocenters. The topological polar surface area (TPSA) is 54.9 Å². The Kier molecular flexibility index (Phi) is 5.05. The third kappa shape index (κ3) is 3.84. The van der Waals surface area contributed by atoms with Crippen LogP contribution in [0.4, 0.5) is 0 Å². The highest BCUT2D eigenvalue weighted by Crippen LogP contribution is 2.34. The van der Waals surface area contributed by atoms with Crippen molar-refractivity contribution >= 4 is 17.6 Å². The molecular formula is C16H22ClN3O2. The van der Waals surface area contributed by atoms with Crippen molar-refractivity contribution in [2.75, 3.05) is 20.2 Å². The predicted octanol–water partition coefficient (Wildman–Crippen LogP) is 2.20. The monoisotopic (exact) mass is 323 g/mol. The van der Waals surface area contributed by atoms with Crippen molar-refractivity contribution in [2.45, 2.75) is 37.5 Å². The Hall–Kier alpha value is -1.46. The van der Waals surface area contributed by atoms with E-state index in [-0.39, 0.29) is 0 Å². The molecule has 22 heavy (non-hydrogen) atoms. The fourth-order valence-corrected chi connectivity index (χ4v) is 3.16. The lowest BCUT2D eigenvalue weighted by Gasteiger charge is -2.22. The van der Waals surface area contributed by atoms with Crippen LogP contribution in [0, 0.1) is 0 Å². The Labute approximate surface area is 136 Å². The van der Waals surface area contributed by atoms with Gasteiger partial charge >= 0.3 is 0 Å². The lowest BCUT2D eigenvalue weighted by Crippen LogP contribution is -2.48. The first-order valence-electron chi connectivity index (χ1n) is 7.75. The molecular weight excluding hydrogens is 302 g/mol. The van der Waals surface area contributed by atoms with Gasteiger partial charge in [-0.15, -0.1) is 0 Å². The summed E-state index contributed by atoms with van der Waals surface area (Å²) < 4.78 is 11.5. The summed E-state index contributed by atoms with van der Waals surface area (Å²) in [4.78, 5) is 4.26. The van der Waals surface area contributed by atoms with Crippen LogP contribution in [0.1, 0.15) is 19.3 Å². The molecule has 120 valence electrons. The summed E-state index contributed by atoms with van der Waals surface area (Å²) in [7, 11) is 1.78. The molecule has 5 nitrogen and oxygen atoms in total. The van der Waals surface area contributed by atoms with Crippen LogP contribution < -0.4 is 15.4 Å². The minimum atomic E-state index is 0.342. The molecule has 0 saturated carbocycles. The number of rotatable bonds is 5. The van der Waals surface area contributed by atoms with Crippen LogP contribution in [0.3, 0.4) is 0 Å². The standard InChI is InChI=1S/C16H22ClN3O2/c1-18-16(20-14-10-13-6-7-15(14)22-13)19-8-9-21-12-4-2-11(17)3-5-12/h2-5,13-15H,6-10H2,1H3,(H2,18,19,20). The third-order valence-corrected chi connectivity index (χ3v) is 4.38. The molecule has 2 fully saturated rings. The second-order valence-corrected chi connectivity index (χ2v) is 6.10. The summed E-state index contributed by atoms with van der Waals surface area (Å²) in [6.07, 6.45) is 4.21. The molecule has 6 heteroatoms. The van der Waals surface area contributed by atoms with Gasteiger partial charge in [0.1, 0.15) is 12.4 Å². The van der Waals surface area contributed by atoms with Gasteiger partial charge in [-0.3, -0.25) is 4.99 Å². The number of guanidine groups is 1. The van der Waals surface area contributed by atoms with Gasteiger partial charge in [-0.05, 0) is 43.5 Å². The predicted molar refractivity (Wildman–Crippen MR) is 87.7 cm³/mol. The fraction of sp³-hybridized carbons (Fsp3) is 0.562. The molecule has 0 radical (unpaired) electrons. The number of nitrogens with zero attached hydrogens (tertiary/aromatic N) is 1. The first-order chi connectivity index (χ1) is 10.7. The summed E-state index contributed by atoms with van der Waals surface area (Å²) in [6.45, 7) is 1.25. The maximum Gasteiger partial charge on any atom is 0.191 e. The zero-order chi connectivity index (χ0) is 15.4. The van der Waals surface area contributed by atoms with Crippen LogP contribution in [0.25, 0.3) is 0 Å². The van der Waals surface area contributed by atoms with Gasteiger partial charge in [0.25, 0.3) is 0 Å². The first-order valence-corrected chi connectivity index (χ1v) is 8.13. The van der Waals surface area contributed by atoms with Crippen LogP contribution in [-0.2, 0) is 4.74 Å². The molecule has 2 bridgehead atoms. The smallest absolute Gasteiger partial charge is 0.191 e. The summed E-state index contributed by atoms with van der Waals surface area (Å²) >= 11 is 5.84. The van der Waals surface area contributed by atoms with Crippen molar-refractivity contribution in [3.05, 3.63) is 29.3 Å². The largest absolute Gasteiger partial charge is 0.492 e. The van der Waals surface area contributed by atoms with E-state index in [0.717, 1.165) is 24.6 Å². The molecule has 0 spiro atoms. The number of aliphatic imine (C=N–C) groups is 1. The second kappa shape index (κ2) is 7.20. The van der Waals surface area contributed by atoms with Crippen LogP contribution in [-0.4, -0.2) is 44.4 Å². The molecule has 1 aromatic carbocycles. The number of hydrogen-bond donors (Lipinski definition) is 2. The van der Waals surface area contributed by atoms with Crippen molar-refractivity contribution in [3.8, 4) is 5.75 Å². The summed E-state index contributed by atoms with van der Waals surface area (Å²) in [5.74, 6) is 1.62. The van der Waals surface area contributed by atoms with Crippen LogP contribution in [0.2, 0.25) is 5.02 Å². The molecule has 3 rings (SSSR count). The minimum absolute atomic E-state index is 0.342. The average Bonchev–Trinajstić information content (AvgIpc) is 3.14. The van der Waals surface area contributed by atoms with Crippen molar-refractivity contribution in [2.24, 2.45) is 4.99 Å². The molecule has 2 aliphatic heterocycles. The number of benzene rings is 1. The Morgan fingerprint density at radius 3 is 2.82 bits per heavy atom. The number of fused-ring (bicyclic) bond motifs is 2. The van der Waals surface area contributed by atoms with Crippen LogP contribution in [0.5, 0.6) is 5.75 Å². The number of hydrogen-bond acceptors (Lipinski definition) is 3. The summed E-state index contributed by atoms with van der Waals surface area (Å²) in [5.41, 5.74) is 0. The van der Waals surface area contributed by atoms with E-state index in [1.807, 2.05) is 24.3 Å². The molecule has 3 unspecified atom stereocenters. The van der Waals surface area contributed by atoms with Crippen molar-refractivity contribution in [1.29, 1.82) is 0 Å². The first kappa shape index (κ1) is 15.4. The van der Waals surface area contributed by atoms with Crippen LogP contribution in [0.15, 0.2) is 29.3 Å². The normalized spacial score (nSPS) is 27.0. The van der Waals surface area contributed by atoms with E-state index in [2.05, 4.69) is 15.6 Å². The number of halogens is 1. The Morgan fingerprint density at radius 1 is 1.36 bits per heavy atom. The maximum atomic E-state index is 5.84. The van der Waals surface area contributed by atoms with E-state index in [1.54, 1.807) is 7.05 Å². The lowest BCUT2D eigenvalue weighted by molar-refractivity contribution is 0.0992. The van der Waals surface area contributed by atoms with Gasteiger partial charge in [-0.1, -0.05) is 11.6 Å². The summed E-state index contributed by atoms with van der Waals surface area (Å²) in [5, 5.41) is 7.43. The quantitative estimate of drug-likeness (QED) is 0.495. The Balaban J connectivity index is 1.37. The number of nitrogens with one attached hydrogen (secondary N) is 2. The molecule has 0 aliphatic carbocycles. The average molecular weight is 324 g/mol. The van der Waals surface area contributed by atoms with Crippen molar-refractivity contribution in [3.63, 3.8) is 0 Å². The van der Waals surface area contributed by atoms with E-state index in [9.17, 15) is 0 Å². The SMILES string of the molecule is CN=C(NCCOc1ccc(Cl)cc1)NC1CC2CCC1O2. The fourth-order valence-electron chi connectivity index (χ4n) is 3.03. The highest BCUT2D eigenvalue weighted by atomic mass is 35.5. The van der Waals surface area contributed by atoms with Gasteiger partial charge < -0.3 is 20.1 Å². The van der Waals surface area contributed by atoms with E-state index in [1.165, 1.54) is 6.42 Å². The molecule has 2 saturated heterocycles. The lowest BCUT2D eigenvalue weighted by atomic mass is 9.96. The van der Waals surface area contributed by atoms with Crippen LogP contribution >= 0.6 is 11.6 Å². The second-order valence-electron chi connectivity index (χ2n) is 5.66. The maximum absolute atomic E-state index is 5.84. The highest BCUT2D eigenvalue weighted by molar-refractivity contribution is 6.30. The van der Waals surface area contributed by atoms with Gasteiger partial charge in [0.2, 0.25) is 0 Å². The highest BCUT2D eigenvalue weighted by Gasteiger charge is 2.41. The van der Waals surface area contributed by atoms with Gasteiger partial charge in [-0.25, -0.2) is 0 Å². The zero-order valence-electron chi connectivity index (χ0n) is 12.7. The Bertz CT molecular complexity index is 521.